The maximum atomic E-state index is 2.36. The van der Waals surface area contributed by atoms with Gasteiger partial charge < -0.3 is 0 Å². The Morgan fingerprint density at radius 3 is 2.00 bits per heavy atom. The van der Waals surface area contributed by atoms with Crippen LogP contribution in [0.25, 0.3) is 0 Å². The molecule has 8 heavy (non-hydrogen) atoms. The van der Waals surface area contributed by atoms with Gasteiger partial charge in [0, 0.05) is 0 Å². The van der Waals surface area contributed by atoms with Gasteiger partial charge in [0.15, 0.2) is 0 Å². The summed E-state index contributed by atoms with van der Waals surface area (Å²) in [5, 5.41) is 3.18. The molecule has 0 N–H and O–H groups in total. The average Bonchev–Trinajstić information content (AvgIpc) is 2.12. The van der Waals surface area contributed by atoms with Crippen molar-refractivity contribution in [3.8, 4) is 0 Å². The Labute approximate surface area is 62.7 Å². The van der Waals surface area contributed by atoms with Crippen molar-refractivity contribution in [1.29, 1.82) is 0 Å². The molecule has 0 saturated carbocycles. The van der Waals surface area contributed by atoms with Gasteiger partial charge in [-0.15, -0.1) is 0 Å². The molecule has 2 heteroatoms. The third kappa shape index (κ3) is 1.77. The third-order valence-electron chi connectivity index (χ3n) is 1.59. The molecule has 1 aliphatic rings. The molecular weight excluding hydrogens is 230 g/mol. The van der Waals surface area contributed by atoms with E-state index in [1.54, 1.807) is 10.6 Å². The first-order valence-electron chi connectivity index (χ1n) is 3.05. The van der Waals surface area contributed by atoms with Crippen molar-refractivity contribution in [2.45, 2.75) is 24.5 Å². The molecule has 1 rings (SSSR count). The van der Waals surface area contributed by atoms with E-state index in [1.807, 2.05) is 0 Å². The van der Waals surface area contributed by atoms with Gasteiger partial charge in [0.1, 0.15) is 0 Å². The minimum atomic E-state index is 0.973. The van der Waals surface area contributed by atoms with Crippen LogP contribution in [0.1, 0.15) is 13.8 Å². The van der Waals surface area contributed by atoms with Gasteiger partial charge >= 0.3 is 62.6 Å². The van der Waals surface area contributed by atoms with E-state index < -0.39 is 0 Å². The summed E-state index contributed by atoms with van der Waals surface area (Å²) in [6.45, 7) is 4.73. The van der Waals surface area contributed by atoms with Crippen LogP contribution in [0.3, 0.4) is 0 Å². The summed E-state index contributed by atoms with van der Waals surface area (Å²) in [4.78, 5) is 0. The Morgan fingerprint density at radius 1 is 1.25 bits per heavy atom. The van der Waals surface area contributed by atoms with E-state index in [9.17, 15) is 0 Å². The fourth-order valence-electron chi connectivity index (χ4n) is 0.704. The van der Waals surface area contributed by atoms with E-state index in [2.05, 4.69) is 13.8 Å². The van der Waals surface area contributed by atoms with Gasteiger partial charge in [0.25, 0.3) is 0 Å². The molecule has 1 fully saturated rings. The molecule has 0 atom stereocenters. The monoisotopic (exact) mass is 244 g/mol. The predicted octanol–water partition coefficient (Wildman–Crippen LogP) is 1.43. The van der Waals surface area contributed by atoms with Gasteiger partial charge in [-0.1, -0.05) is 0 Å². The first-order chi connectivity index (χ1) is 3.80. The summed E-state index contributed by atoms with van der Waals surface area (Å²) in [5.74, 6) is 2.09. The van der Waals surface area contributed by atoms with E-state index in [0.29, 0.717) is 0 Å². The normalized spacial score (nSPS) is 22.9. The maximum absolute atomic E-state index is 2.36. The first-order valence-corrected chi connectivity index (χ1v) is 9.80. The van der Waals surface area contributed by atoms with Crippen LogP contribution in [0.4, 0.5) is 0 Å². The fraction of sp³-hybridized carbons (Fsp3) is 1.00. The molecule has 1 heterocycles. The molecule has 0 aromatic heterocycles. The summed E-state index contributed by atoms with van der Waals surface area (Å²) >= 11 is 2.17. The molecule has 0 unspecified atom stereocenters. The van der Waals surface area contributed by atoms with Crippen LogP contribution in [0.2, 0.25) is 10.6 Å². The molecule has 1 aliphatic heterocycles. The van der Waals surface area contributed by atoms with Gasteiger partial charge in [0.2, 0.25) is 0 Å². The van der Waals surface area contributed by atoms with Crippen molar-refractivity contribution in [3.63, 3.8) is 0 Å². The van der Waals surface area contributed by atoms with Crippen molar-refractivity contribution in [1.82, 2.24) is 0 Å². The van der Waals surface area contributed by atoms with Crippen LogP contribution >= 0.6 is 0 Å². The number of hydrogen-bond donors (Lipinski definition) is 0. The zero-order valence-corrected chi connectivity index (χ0v) is 8.81. The van der Waals surface area contributed by atoms with Crippen LogP contribution in [0.15, 0.2) is 0 Å². The molecule has 0 bridgehead atoms. The van der Waals surface area contributed by atoms with E-state index in [4.69, 9.17) is 0 Å². The Kier molecular flexibility index (Phi) is 2.92. The predicted molar refractivity (Wildman–Crippen MR) is 39.5 cm³/mol. The molecule has 0 amide bonds. The zero-order valence-electron chi connectivity index (χ0n) is 5.39. The molecular formula is C6H12Se2. The molecule has 0 aromatic carbocycles. The Hall–Kier alpha value is 1.04. The van der Waals surface area contributed by atoms with Crippen LogP contribution in [0, 0.1) is 11.8 Å². The first kappa shape index (κ1) is 7.15. The molecule has 0 spiro atoms. The molecule has 0 radical (unpaired) electrons. The Balaban J connectivity index is 2.24. The summed E-state index contributed by atoms with van der Waals surface area (Å²) in [6.07, 6.45) is 0. The van der Waals surface area contributed by atoms with E-state index >= 15 is 0 Å². The van der Waals surface area contributed by atoms with Gasteiger partial charge in [-0.05, 0) is 0 Å². The van der Waals surface area contributed by atoms with Crippen molar-refractivity contribution in [2.75, 3.05) is 0 Å². The van der Waals surface area contributed by atoms with Crippen LogP contribution in [-0.4, -0.2) is 26.3 Å². The molecule has 48 valence electrons. The van der Waals surface area contributed by atoms with Crippen LogP contribution in [-0.2, 0) is 0 Å². The molecule has 0 aliphatic carbocycles. The van der Waals surface area contributed by atoms with Gasteiger partial charge in [-0.2, -0.15) is 0 Å². The molecule has 0 aromatic rings. The second-order valence-electron chi connectivity index (χ2n) is 2.57. The summed E-state index contributed by atoms with van der Waals surface area (Å²) in [5.41, 5.74) is 0. The van der Waals surface area contributed by atoms with Crippen molar-refractivity contribution < 1.29 is 0 Å². The second kappa shape index (κ2) is 3.27. The Bertz CT molecular complexity index is 64.9. The molecule has 0 nitrogen and oxygen atoms in total. The minimum absolute atomic E-state index is 0.973. The standard InChI is InChI=1S/C6H12Se2/c1-5(2)6-3-7-8-4-6/h5-6H,3-4H2,1-2H3. The summed E-state index contributed by atoms with van der Waals surface area (Å²) in [6, 6.07) is 0. The van der Waals surface area contributed by atoms with E-state index in [0.717, 1.165) is 38.1 Å². The third-order valence-corrected chi connectivity index (χ3v) is 9.09. The van der Waals surface area contributed by atoms with Crippen molar-refractivity contribution in [3.05, 3.63) is 0 Å². The van der Waals surface area contributed by atoms with Gasteiger partial charge in [-0.25, -0.2) is 0 Å². The van der Waals surface area contributed by atoms with E-state index in [1.165, 1.54) is 0 Å². The second-order valence-corrected chi connectivity index (χ2v) is 10.1. The fourth-order valence-corrected chi connectivity index (χ4v) is 10.6. The van der Waals surface area contributed by atoms with E-state index in [-0.39, 0.29) is 0 Å². The van der Waals surface area contributed by atoms with Crippen LogP contribution < -0.4 is 0 Å². The van der Waals surface area contributed by atoms with Crippen molar-refractivity contribution >= 4 is 26.3 Å². The zero-order chi connectivity index (χ0) is 5.98. The topological polar surface area (TPSA) is 0 Å². The SMILES string of the molecule is CC(C)C1C[Se][Se]C1. The van der Waals surface area contributed by atoms with Gasteiger partial charge in [0.05, 0.1) is 0 Å². The number of rotatable bonds is 1. The quantitative estimate of drug-likeness (QED) is 0.610. The van der Waals surface area contributed by atoms with Crippen molar-refractivity contribution in [2.24, 2.45) is 11.8 Å². The number of hydrogen-bond acceptors (Lipinski definition) is 0. The van der Waals surface area contributed by atoms with Crippen LogP contribution in [0.5, 0.6) is 0 Å². The summed E-state index contributed by atoms with van der Waals surface area (Å²) in [7, 11) is 0. The summed E-state index contributed by atoms with van der Waals surface area (Å²) < 4.78 is 0. The Morgan fingerprint density at radius 2 is 1.75 bits per heavy atom. The molecule has 1 saturated heterocycles. The van der Waals surface area contributed by atoms with Gasteiger partial charge in [-0.3, -0.25) is 0 Å². The average molecular weight is 242 g/mol.